The van der Waals surface area contributed by atoms with Crippen molar-refractivity contribution in [3.8, 4) is 0 Å². The third-order valence-electron chi connectivity index (χ3n) is 2.58. The number of hydrogen-bond acceptors (Lipinski definition) is 4. The number of hydrogen-bond donors (Lipinski definition) is 0. The van der Waals surface area contributed by atoms with Crippen LogP contribution in [-0.2, 0) is 9.47 Å². The zero-order chi connectivity index (χ0) is 14.0. The van der Waals surface area contributed by atoms with Crippen LogP contribution in [0.4, 0.5) is 9.59 Å². The number of ether oxygens (including phenoxy) is 2. The molecule has 18 heavy (non-hydrogen) atoms. The van der Waals surface area contributed by atoms with E-state index in [-0.39, 0.29) is 25.4 Å². The molecular weight excluding hydrogens is 236 g/mol. The van der Waals surface area contributed by atoms with Crippen LogP contribution in [0, 0.1) is 0 Å². The van der Waals surface area contributed by atoms with Crippen molar-refractivity contribution in [3.63, 3.8) is 0 Å². The zero-order valence-electron chi connectivity index (χ0n) is 11.8. The summed E-state index contributed by atoms with van der Waals surface area (Å²) in [4.78, 5) is 26.0. The Morgan fingerprint density at radius 1 is 0.722 bits per heavy atom. The summed E-state index contributed by atoms with van der Waals surface area (Å²) in [5.74, 6) is 0. The van der Waals surface area contributed by atoms with E-state index in [0.29, 0.717) is 26.2 Å². The highest BCUT2D eigenvalue weighted by Crippen LogP contribution is 1.95. The van der Waals surface area contributed by atoms with Crippen molar-refractivity contribution in [2.45, 2.75) is 27.7 Å². The van der Waals surface area contributed by atoms with Crippen LogP contribution in [-0.4, -0.2) is 61.4 Å². The molecule has 0 aromatic carbocycles. The monoisotopic (exact) mass is 260 g/mol. The second-order valence-electron chi connectivity index (χ2n) is 3.57. The van der Waals surface area contributed by atoms with Crippen molar-refractivity contribution in [3.05, 3.63) is 0 Å². The Kier molecular flexibility index (Phi) is 8.78. The third kappa shape index (κ3) is 5.75. The van der Waals surface area contributed by atoms with E-state index in [4.69, 9.17) is 9.47 Å². The lowest BCUT2D eigenvalue weighted by Gasteiger charge is -2.19. The van der Waals surface area contributed by atoms with Gasteiger partial charge in [0.05, 0.1) is 0 Å². The number of carbonyl (C=O) groups is 2. The van der Waals surface area contributed by atoms with Gasteiger partial charge in [0, 0.05) is 26.2 Å². The quantitative estimate of drug-likeness (QED) is 0.656. The van der Waals surface area contributed by atoms with Crippen molar-refractivity contribution in [1.29, 1.82) is 0 Å². The van der Waals surface area contributed by atoms with Gasteiger partial charge in [0.15, 0.2) is 0 Å². The first-order chi connectivity index (χ1) is 8.60. The van der Waals surface area contributed by atoms with Crippen molar-refractivity contribution in [1.82, 2.24) is 9.80 Å². The summed E-state index contributed by atoms with van der Waals surface area (Å²) in [5.41, 5.74) is 0. The third-order valence-corrected chi connectivity index (χ3v) is 2.58. The Morgan fingerprint density at radius 3 is 1.22 bits per heavy atom. The van der Waals surface area contributed by atoms with Gasteiger partial charge in [-0.25, -0.2) is 9.59 Å². The molecule has 0 aliphatic rings. The predicted octanol–water partition coefficient (Wildman–Crippen LogP) is 1.94. The van der Waals surface area contributed by atoms with Crippen LogP contribution in [0.3, 0.4) is 0 Å². The Hall–Kier alpha value is -1.46. The van der Waals surface area contributed by atoms with E-state index in [9.17, 15) is 9.59 Å². The topological polar surface area (TPSA) is 59.1 Å². The smallest absolute Gasteiger partial charge is 0.409 e. The van der Waals surface area contributed by atoms with Gasteiger partial charge in [-0.2, -0.15) is 0 Å². The number of rotatable bonds is 7. The lowest BCUT2D eigenvalue weighted by Crippen LogP contribution is -2.34. The molecule has 0 aliphatic heterocycles. The molecule has 0 heterocycles. The van der Waals surface area contributed by atoms with Crippen LogP contribution in [0.15, 0.2) is 0 Å². The van der Waals surface area contributed by atoms with Crippen LogP contribution in [0.25, 0.3) is 0 Å². The van der Waals surface area contributed by atoms with Gasteiger partial charge in [-0.1, -0.05) is 0 Å². The molecule has 0 bridgehead atoms. The minimum atomic E-state index is -0.376. The van der Waals surface area contributed by atoms with Gasteiger partial charge in [-0.05, 0) is 27.7 Å². The van der Waals surface area contributed by atoms with Gasteiger partial charge in [0.2, 0.25) is 0 Å². The van der Waals surface area contributed by atoms with Gasteiger partial charge < -0.3 is 19.3 Å². The molecule has 0 aromatic heterocycles. The fraction of sp³-hybridized carbons (Fsp3) is 0.833. The summed E-state index contributed by atoms with van der Waals surface area (Å²) in [5, 5.41) is 0. The molecule has 2 amide bonds. The highest BCUT2D eigenvalue weighted by molar-refractivity contribution is 5.68. The summed E-state index contributed by atoms with van der Waals surface area (Å²) >= 11 is 0. The van der Waals surface area contributed by atoms with E-state index in [1.54, 1.807) is 9.80 Å². The van der Waals surface area contributed by atoms with E-state index >= 15 is 0 Å². The lowest BCUT2D eigenvalue weighted by molar-refractivity contribution is 0.0617. The molecule has 0 spiro atoms. The summed E-state index contributed by atoms with van der Waals surface area (Å²) in [6, 6.07) is 0. The first-order valence-corrected chi connectivity index (χ1v) is 6.43. The Bertz CT molecular complexity index is 224. The molecule has 0 N–H and O–H groups in total. The average Bonchev–Trinajstić information content (AvgIpc) is 2.37. The molecule has 0 unspecified atom stereocenters. The van der Waals surface area contributed by atoms with Crippen LogP contribution in [0.2, 0.25) is 0 Å². The van der Waals surface area contributed by atoms with E-state index in [1.165, 1.54) is 0 Å². The molecule has 0 aromatic rings. The van der Waals surface area contributed by atoms with Crippen LogP contribution < -0.4 is 0 Å². The van der Waals surface area contributed by atoms with Crippen molar-refractivity contribution in [2.24, 2.45) is 0 Å². The SMILES string of the molecule is CCN(CC)C(=O)OCCOC(=O)N(CC)CC. The molecule has 0 aliphatic carbocycles. The molecule has 0 rings (SSSR count). The van der Waals surface area contributed by atoms with Crippen LogP contribution >= 0.6 is 0 Å². The number of carbonyl (C=O) groups excluding carboxylic acids is 2. The highest BCUT2D eigenvalue weighted by Gasteiger charge is 2.12. The van der Waals surface area contributed by atoms with E-state index < -0.39 is 0 Å². The fourth-order valence-corrected chi connectivity index (χ4v) is 1.40. The lowest BCUT2D eigenvalue weighted by atomic mass is 10.5. The van der Waals surface area contributed by atoms with Crippen LogP contribution in [0.1, 0.15) is 27.7 Å². The fourth-order valence-electron chi connectivity index (χ4n) is 1.40. The summed E-state index contributed by atoms with van der Waals surface area (Å²) in [7, 11) is 0. The Labute approximate surface area is 109 Å². The maximum absolute atomic E-state index is 11.4. The highest BCUT2D eigenvalue weighted by atomic mass is 16.6. The van der Waals surface area contributed by atoms with Crippen molar-refractivity contribution < 1.29 is 19.1 Å². The van der Waals surface area contributed by atoms with Gasteiger partial charge in [-0.15, -0.1) is 0 Å². The van der Waals surface area contributed by atoms with E-state index in [2.05, 4.69) is 0 Å². The second kappa shape index (κ2) is 9.56. The maximum atomic E-state index is 11.4. The van der Waals surface area contributed by atoms with Crippen molar-refractivity contribution >= 4 is 12.2 Å². The molecule has 106 valence electrons. The Balaban J connectivity index is 3.79. The average molecular weight is 260 g/mol. The Morgan fingerprint density at radius 2 is 1.00 bits per heavy atom. The molecule has 0 radical (unpaired) electrons. The molecule has 0 saturated heterocycles. The number of nitrogens with zero attached hydrogens (tertiary/aromatic N) is 2. The van der Waals surface area contributed by atoms with E-state index in [1.807, 2.05) is 27.7 Å². The van der Waals surface area contributed by atoms with Gasteiger partial charge in [0.25, 0.3) is 0 Å². The van der Waals surface area contributed by atoms with Crippen molar-refractivity contribution in [2.75, 3.05) is 39.4 Å². The minimum Gasteiger partial charge on any atom is -0.446 e. The molecule has 6 nitrogen and oxygen atoms in total. The zero-order valence-corrected chi connectivity index (χ0v) is 11.8. The summed E-state index contributed by atoms with van der Waals surface area (Å²) in [6.07, 6.45) is -0.752. The van der Waals surface area contributed by atoms with Gasteiger partial charge >= 0.3 is 12.2 Å². The standard InChI is InChI=1S/C12H24N2O4/c1-5-13(6-2)11(15)17-9-10-18-12(16)14(7-3)8-4/h5-10H2,1-4H3. The molecule has 0 fully saturated rings. The normalized spacial score (nSPS) is 9.78. The maximum Gasteiger partial charge on any atom is 0.409 e. The van der Waals surface area contributed by atoms with Gasteiger partial charge in [0.1, 0.15) is 13.2 Å². The molecule has 0 saturated carbocycles. The first kappa shape index (κ1) is 16.5. The molecule has 6 heteroatoms. The minimum absolute atomic E-state index is 0.0857. The second-order valence-corrected chi connectivity index (χ2v) is 3.57. The van der Waals surface area contributed by atoms with Crippen LogP contribution in [0.5, 0.6) is 0 Å². The van der Waals surface area contributed by atoms with E-state index in [0.717, 1.165) is 0 Å². The summed E-state index contributed by atoms with van der Waals surface area (Å²) < 4.78 is 9.95. The molecular formula is C12H24N2O4. The first-order valence-electron chi connectivity index (χ1n) is 6.43. The summed E-state index contributed by atoms with van der Waals surface area (Å²) in [6.45, 7) is 10.1. The van der Waals surface area contributed by atoms with Gasteiger partial charge in [-0.3, -0.25) is 0 Å². The predicted molar refractivity (Wildman–Crippen MR) is 68.5 cm³/mol. The largest absolute Gasteiger partial charge is 0.446 e. The number of amides is 2. The molecule has 0 atom stereocenters.